The number of rotatable bonds is 3. The van der Waals surface area contributed by atoms with Crippen LogP contribution in [-0.4, -0.2) is 44.6 Å². The van der Waals surface area contributed by atoms with Crippen LogP contribution in [0.15, 0.2) is 4.79 Å². The third kappa shape index (κ3) is 3.31. The number of aromatic amines is 1. The normalized spacial score (nSPS) is 17.8. The molecule has 21 heavy (non-hydrogen) atoms. The smallest absolute Gasteiger partial charge is 0.277 e. The molecule has 1 amide bonds. The van der Waals surface area contributed by atoms with Crippen molar-refractivity contribution in [3.05, 3.63) is 27.2 Å². The van der Waals surface area contributed by atoms with Crippen LogP contribution >= 0.6 is 11.8 Å². The summed E-state index contributed by atoms with van der Waals surface area (Å²) in [6, 6.07) is 0. The zero-order valence-corrected chi connectivity index (χ0v) is 14.0. The number of amides is 1. The van der Waals surface area contributed by atoms with Crippen molar-refractivity contribution in [1.29, 1.82) is 0 Å². The van der Waals surface area contributed by atoms with Gasteiger partial charge in [0.1, 0.15) is 5.56 Å². The van der Waals surface area contributed by atoms with Crippen molar-refractivity contribution in [1.82, 2.24) is 15.1 Å². The van der Waals surface area contributed by atoms with Crippen molar-refractivity contribution >= 4 is 17.7 Å². The van der Waals surface area contributed by atoms with Crippen LogP contribution in [0.1, 0.15) is 49.3 Å². The Kier molecular flexibility index (Phi) is 4.76. The highest BCUT2D eigenvalue weighted by atomic mass is 32.2. The minimum absolute atomic E-state index is 0.0354. The van der Waals surface area contributed by atoms with Gasteiger partial charge in [-0.3, -0.25) is 9.59 Å². The van der Waals surface area contributed by atoms with E-state index in [1.165, 1.54) is 0 Å². The lowest BCUT2D eigenvalue weighted by molar-refractivity contribution is 0.0744. The second-order valence-corrected chi connectivity index (χ2v) is 7.70. The van der Waals surface area contributed by atoms with E-state index in [1.807, 2.05) is 25.6 Å². The summed E-state index contributed by atoms with van der Waals surface area (Å²) in [6.45, 7) is 9.57. The molecule has 1 saturated heterocycles. The molecule has 0 radical (unpaired) electrons. The Bertz CT molecular complexity index is 595. The van der Waals surface area contributed by atoms with Crippen LogP contribution in [0.4, 0.5) is 0 Å². The van der Waals surface area contributed by atoms with E-state index in [9.17, 15) is 9.59 Å². The fraction of sp³-hybridized carbons (Fsp3) is 0.667. The predicted octanol–water partition coefficient (Wildman–Crippen LogP) is 1.86. The van der Waals surface area contributed by atoms with Gasteiger partial charge in [-0.1, -0.05) is 13.8 Å². The number of aromatic nitrogens is 2. The van der Waals surface area contributed by atoms with Crippen LogP contribution in [0.25, 0.3) is 0 Å². The lowest BCUT2D eigenvalue weighted by Crippen LogP contribution is -2.47. The van der Waals surface area contributed by atoms with Gasteiger partial charge < -0.3 is 4.90 Å². The first-order chi connectivity index (χ1) is 9.89. The molecular formula is C15H23N3O2S. The van der Waals surface area contributed by atoms with Gasteiger partial charge in [-0.05, 0) is 32.3 Å². The number of H-pyrrole nitrogens is 1. The van der Waals surface area contributed by atoms with Crippen molar-refractivity contribution in [2.75, 3.05) is 18.8 Å². The Morgan fingerprint density at radius 1 is 1.38 bits per heavy atom. The minimum Gasteiger partial charge on any atom is -0.336 e. The second-order valence-electron chi connectivity index (χ2n) is 5.89. The van der Waals surface area contributed by atoms with Gasteiger partial charge >= 0.3 is 0 Å². The maximum atomic E-state index is 12.8. The summed E-state index contributed by atoms with van der Waals surface area (Å²) in [5, 5.41) is 6.55. The molecule has 2 rings (SSSR count). The number of nitrogens with zero attached hydrogens (tertiary/aromatic N) is 2. The van der Waals surface area contributed by atoms with Gasteiger partial charge in [0.15, 0.2) is 0 Å². The Morgan fingerprint density at radius 3 is 2.67 bits per heavy atom. The average Bonchev–Trinajstić information content (AvgIpc) is 2.45. The van der Waals surface area contributed by atoms with Crippen LogP contribution in [0, 0.1) is 0 Å². The number of thioether (sulfide) groups is 1. The van der Waals surface area contributed by atoms with Gasteiger partial charge in [0.05, 0.1) is 5.69 Å². The van der Waals surface area contributed by atoms with Crippen molar-refractivity contribution in [3.63, 3.8) is 0 Å². The third-order valence-electron chi connectivity index (χ3n) is 3.78. The van der Waals surface area contributed by atoms with E-state index in [-0.39, 0.29) is 21.8 Å². The molecule has 1 aliphatic rings. The van der Waals surface area contributed by atoms with E-state index < -0.39 is 0 Å². The quantitative estimate of drug-likeness (QED) is 0.925. The summed E-state index contributed by atoms with van der Waals surface area (Å²) in [7, 11) is 0. The highest BCUT2D eigenvalue weighted by molar-refractivity contribution is 8.00. The lowest BCUT2D eigenvalue weighted by atomic mass is 10.0. The van der Waals surface area contributed by atoms with Gasteiger partial charge in [-0.25, -0.2) is 5.10 Å². The largest absolute Gasteiger partial charge is 0.336 e. The molecule has 0 saturated carbocycles. The van der Waals surface area contributed by atoms with Crippen LogP contribution in [0.5, 0.6) is 0 Å². The molecule has 0 aromatic carbocycles. The molecule has 6 heteroatoms. The van der Waals surface area contributed by atoms with Crippen molar-refractivity contribution in [3.8, 4) is 0 Å². The monoisotopic (exact) mass is 309 g/mol. The molecule has 1 aliphatic heterocycles. The van der Waals surface area contributed by atoms with Crippen LogP contribution in [0.2, 0.25) is 0 Å². The first kappa shape index (κ1) is 16.1. The Balaban J connectivity index is 2.41. The van der Waals surface area contributed by atoms with Gasteiger partial charge in [-0.2, -0.15) is 16.9 Å². The Hall–Kier alpha value is -1.30. The molecule has 2 heterocycles. The molecule has 0 aliphatic carbocycles. The number of carbonyl (C=O) groups is 1. The van der Waals surface area contributed by atoms with Crippen LogP contribution in [-0.2, 0) is 12.8 Å². The fourth-order valence-electron chi connectivity index (χ4n) is 2.77. The summed E-state index contributed by atoms with van der Waals surface area (Å²) in [5.41, 5.74) is 1.52. The van der Waals surface area contributed by atoms with E-state index >= 15 is 0 Å². The summed E-state index contributed by atoms with van der Waals surface area (Å²) >= 11 is 1.87. The summed E-state index contributed by atoms with van der Waals surface area (Å²) < 4.78 is 0.0354. The fourth-order valence-corrected chi connectivity index (χ4v) is 3.88. The molecule has 0 bridgehead atoms. The van der Waals surface area contributed by atoms with Gasteiger partial charge in [0.25, 0.3) is 11.5 Å². The molecule has 1 N–H and O–H groups in total. The SMILES string of the molecule is CCc1n[nH]c(=O)c(C(=O)N2CCSC(C)(C)C2)c1CC. The van der Waals surface area contributed by atoms with Crippen molar-refractivity contribution in [2.24, 2.45) is 0 Å². The molecular weight excluding hydrogens is 286 g/mol. The highest BCUT2D eigenvalue weighted by Gasteiger charge is 2.32. The van der Waals surface area contributed by atoms with E-state index in [2.05, 4.69) is 24.0 Å². The molecule has 116 valence electrons. The zero-order chi connectivity index (χ0) is 15.6. The Labute approximate surface area is 129 Å². The van der Waals surface area contributed by atoms with E-state index in [0.29, 0.717) is 25.9 Å². The highest BCUT2D eigenvalue weighted by Crippen LogP contribution is 2.30. The lowest BCUT2D eigenvalue weighted by Gasteiger charge is -2.37. The van der Waals surface area contributed by atoms with E-state index in [4.69, 9.17) is 0 Å². The standard InChI is InChI=1S/C15H23N3O2S/c1-5-10-11(6-2)16-17-13(19)12(10)14(20)18-7-8-21-15(3,4)9-18/h5-9H2,1-4H3,(H,17,19). The number of carbonyl (C=O) groups excluding carboxylic acids is 1. The first-order valence-electron chi connectivity index (χ1n) is 7.43. The topological polar surface area (TPSA) is 66.1 Å². The minimum atomic E-state index is -0.370. The number of hydrogen-bond acceptors (Lipinski definition) is 4. The molecule has 0 unspecified atom stereocenters. The molecule has 5 nitrogen and oxygen atoms in total. The Morgan fingerprint density at radius 2 is 2.10 bits per heavy atom. The second kappa shape index (κ2) is 6.22. The van der Waals surface area contributed by atoms with Crippen molar-refractivity contribution in [2.45, 2.75) is 45.3 Å². The summed E-state index contributed by atoms with van der Waals surface area (Å²) in [6.07, 6.45) is 1.36. The summed E-state index contributed by atoms with van der Waals surface area (Å²) in [5.74, 6) is 0.752. The van der Waals surface area contributed by atoms with E-state index in [0.717, 1.165) is 17.0 Å². The molecule has 1 fully saturated rings. The molecule has 1 aromatic rings. The average molecular weight is 309 g/mol. The first-order valence-corrected chi connectivity index (χ1v) is 8.41. The van der Waals surface area contributed by atoms with Crippen molar-refractivity contribution < 1.29 is 4.79 Å². The summed E-state index contributed by atoms with van der Waals surface area (Å²) in [4.78, 5) is 26.8. The zero-order valence-electron chi connectivity index (χ0n) is 13.2. The van der Waals surface area contributed by atoms with Gasteiger partial charge in [0, 0.05) is 23.6 Å². The number of aryl methyl sites for hydroxylation is 1. The van der Waals surface area contributed by atoms with E-state index in [1.54, 1.807) is 4.90 Å². The van der Waals surface area contributed by atoms with Gasteiger partial charge in [-0.15, -0.1) is 0 Å². The molecule has 0 spiro atoms. The van der Waals surface area contributed by atoms with Crippen LogP contribution in [0.3, 0.4) is 0 Å². The van der Waals surface area contributed by atoms with Crippen LogP contribution < -0.4 is 5.56 Å². The molecule has 0 atom stereocenters. The van der Waals surface area contributed by atoms with Gasteiger partial charge in [0.2, 0.25) is 0 Å². The maximum Gasteiger partial charge on any atom is 0.277 e. The molecule has 1 aromatic heterocycles. The maximum absolute atomic E-state index is 12.8. The third-order valence-corrected chi connectivity index (χ3v) is 5.08. The number of hydrogen-bond donors (Lipinski definition) is 1. The number of nitrogens with one attached hydrogen (secondary N) is 1. The predicted molar refractivity (Wildman–Crippen MR) is 86.1 cm³/mol.